The number of benzene rings is 2. The SMILES string of the molecule is Cc1c(C(=O)N2CCN(c3ccc(F)cc3)CC2)sc2ncn(CC(=O)Nc3ccc(C(C)C)cc3)c(=O)c12. The number of piperazine rings is 1. The molecular formula is C29H30FN5O3S. The smallest absolute Gasteiger partial charge is 0.264 e. The van der Waals surface area contributed by atoms with E-state index in [2.05, 4.69) is 29.0 Å². The van der Waals surface area contributed by atoms with Crippen molar-refractivity contribution in [3.8, 4) is 0 Å². The minimum absolute atomic E-state index is 0.136. The van der Waals surface area contributed by atoms with E-state index in [-0.39, 0.29) is 29.7 Å². The molecule has 0 unspecified atom stereocenters. The van der Waals surface area contributed by atoms with Crippen LogP contribution in [-0.2, 0) is 11.3 Å². The Morgan fingerprint density at radius 3 is 2.33 bits per heavy atom. The van der Waals surface area contributed by atoms with E-state index < -0.39 is 0 Å². The normalized spacial score (nSPS) is 13.8. The van der Waals surface area contributed by atoms with Crippen molar-refractivity contribution in [2.75, 3.05) is 36.4 Å². The molecule has 4 aromatic rings. The Labute approximate surface area is 229 Å². The molecule has 1 saturated heterocycles. The van der Waals surface area contributed by atoms with Crippen molar-refractivity contribution in [1.82, 2.24) is 14.5 Å². The Balaban J connectivity index is 1.28. The molecule has 0 spiro atoms. The first-order valence-corrected chi connectivity index (χ1v) is 13.7. The molecule has 1 aliphatic rings. The van der Waals surface area contributed by atoms with Gasteiger partial charge in [0.15, 0.2) is 0 Å². The summed E-state index contributed by atoms with van der Waals surface area (Å²) in [6, 6.07) is 14.0. The highest BCUT2D eigenvalue weighted by atomic mass is 32.1. The van der Waals surface area contributed by atoms with Crippen LogP contribution in [0.2, 0.25) is 0 Å². The number of thiophene rings is 1. The largest absolute Gasteiger partial charge is 0.368 e. The van der Waals surface area contributed by atoms with Crippen LogP contribution in [0.15, 0.2) is 59.7 Å². The van der Waals surface area contributed by atoms with Crippen LogP contribution < -0.4 is 15.8 Å². The Hall–Kier alpha value is -4.05. The zero-order chi connectivity index (χ0) is 27.7. The van der Waals surface area contributed by atoms with Crippen LogP contribution in [0, 0.1) is 12.7 Å². The summed E-state index contributed by atoms with van der Waals surface area (Å²) in [5.74, 6) is -0.359. The van der Waals surface area contributed by atoms with Gasteiger partial charge in [-0.2, -0.15) is 0 Å². The van der Waals surface area contributed by atoms with Gasteiger partial charge in [0.25, 0.3) is 11.5 Å². The summed E-state index contributed by atoms with van der Waals surface area (Å²) < 4.78 is 14.5. The second kappa shape index (κ2) is 11.0. The van der Waals surface area contributed by atoms with E-state index in [9.17, 15) is 18.8 Å². The van der Waals surface area contributed by atoms with Crippen LogP contribution in [-0.4, -0.2) is 52.4 Å². The maximum atomic E-state index is 13.4. The number of aromatic nitrogens is 2. The number of nitrogens with one attached hydrogen (secondary N) is 1. The number of anilines is 2. The molecule has 5 rings (SSSR count). The quantitative estimate of drug-likeness (QED) is 0.380. The number of halogens is 1. The molecule has 2 amide bonds. The number of carbonyl (C=O) groups is 2. The first-order valence-electron chi connectivity index (χ1n) is 12.9. The summed E-state index contributed by atoms with van der Waals surface area (Å²) in [4.78, 5) is 48.6. The van der Waals surface area contributed by atoms with Gasteiger partial charge in [-0.05, 0) is 60.4 Å². The van der Waals surface area contributed by atoms with E-state index in [0.29, 0.717) is 58.4 Å². The van der Waals surface area contributed by atoms with E-state index in [1.807, 2.05) is 24.3 Å². The van der Waals surface area contributed by atoms with Crippen LogP contribution >= 0.6 is 11.3 Å². The van der Waals surface area contributed by atoms with Gasteiger partial charge in [-0.3, -0.25) is 19.0 Å². The van der Waals surface area contributed by atoms with Crippen molar-refractivity contribution in [2.45, 2.75) is 33.2 Å². The van der Waals surface area contributed by atoms with Gasteiger partial charge < -0.3 is 15.1 Å². The van der Waals surface area contributed by atoms with Crippen LogP contribution in [0.5, 0.6) is 0 Å². The molecule has 0 bridgehead atoms. The Kier molecular flexibility index (Phi) is 7.47. The molecule has 202 valence electrons. The first-order chi connectivity index (χ1) is 18.7. The number of hydrogen-bond acceptors (Lipinski definition) is 6. The summed E-state index contributed by atoms with van der Waals surface area (Å²) in [7, 11) is 0. The predicted molar refractivity (Wildman–Crippen MR) is 152 cm³/mol. The Morgan fingerprint density at radius 1 is 1.03 bits per heavy atom. The molecule has 1 fully saturated rings. The van der Waals surface area contributed by atoms with Crippen LogP contribution in [0.3, 0.4) is 0 Å². The molecule has 0 atom stereocenters. The molecule has 2 aromatic carbocycles. The molecular weight excluding hydrogens is 517 g/mol. The third-order valence-corrected chi connectivity index (χ3v) is 8.23. The predicted octanol–water partition coefficient (Wildman–Crippen LogP) is 4.63. The molecule has 0 aliphatic carbocycles. The van der Waals surface area contributed by atoms with Crippen molar-refractivity contribution >= 4 is 44.7 Å². The van der Waals surface area contributed by atoms with Crippen LogP contribution in [0.4, 0.5) is 15.8 Å². The number of fused-ring (bicyclic) bond motifs is 1. The highest BCUT2D eigenvalue weighted by Crippen LogP contribution is 2.29. The summed E-state index contributed by atoms with van der Waals surface area (Å²) >= 11 is 1.20. The average Bonchev–Trinajstić information content (AvgIpc) is 3.27. The maximum Gasteiger partial charge on any atom is 0.264 e. The average molecular weight is 548 g/mol. The van der Waals surface area contributed by atoms with Crippen LogP contribution in [0.25, 0.3) is 10.2 Å². The third-order valence-electron chi connectivity index (χ3n) is 7.05. The fourth-order valence-corrected chi connectivity index (χ4v) is 5.85. The van der Waals surface area contributed by atoms with Crippen molar-refractivity contribution < 1.29 is 14.0 Å². The Morgan fingerprint density at radius 2 is 1.69 bits per heavy atom. The molecule has 3 heterocycles. The number of nitrogens with zero attached hydrogens (tertiary/aromatic N) is 4. The molecule has 39 heavy (non-hydrogen) atoms. The fraction of sp³-hybridized carbons (Fsp3) is 0.310. The van der Waals surface area contributed by atoms with E-state index in [1.54, 1.807) is 24.0 Å². The van der Waals surface area contributed by atoms with Crippen LogP contribution in [0.1, 0.15) is 40.6 Å². The zero-order valence-corrected chi connectivity index (χ0v) is 22.9. The topological polar surface area (TPSA) is 87.5 Å². The monoisotopic (exact) mass is 547 g/mol. The Bertz CT molecular complexity index is 1570. The number of hydrogen-bond donors (Lipinski definition) is 1. The lowest BCUT2D eigenvalue weighted by Crippen LogP contribution is -2.48. The van der Waals surface area contributed by atoms with Gasteiger partial charge in [0.05, 0.1) is 16.6 Å². The minimum atomic E-state index is -0.348. The fourth-order valence-electron chi connectivity index (χ4n) is 4.75. The standard InChI is InChI=1S/C29H30FN5O3S/c1-18(2)20-4-8-22(9-5-20)32-24(36)16-35-17-31-27-25(28(35)37)19(3)26(39-27)29(38)34-14-12-33(13-15-34)23-10-6-21(30)7-11-23/h4-11,17-18H,12-16H2,1-3H3,(H,32,36). The number of carbonyl (C=O) groups excluding carboxylic acids is 2. The van der Waals surface area contributed by atoms with Crippen molar-refractivity contribution in [3.63, 3.8) is 0 Å². The maximum absolute atomic E-state index is 13.4. The van der Waals surface area contributed by atoms with Gasteiger partial charge in [0, 0.05) is 37.6 Å². The van der Waals surface area contributed by atoms with Gasteiger partial charge in [0.2, 0.25) is 5.91 Å². The third kappa shape index (κ3) is 5.56. The second-order valence-electron chi connectivity index (χ2n) is 9.99. The van der Waals surface area contributed by atoms with Gasteiger partial charge in [-0.25, -0.2) is 9.37 Å². The lowest BCUT2D eigenvalue weighted by molar-refractivity contribution is -0.116. The summed E-state index contributed by atoms with van der Waals surface area (Å²) in [5, 5.41) is 3.19. The van der Waals surface area contributed by atoms with Gasteiger partial charge in [0.1, 0.15) is 17.2 Å². The molecule has 1 N–H and O–H groups in total. The van der Waals surface area contributed by atoms with E-state index >= 15 is 0 Å². The second-order valence-corrected chi connectivity index (χ2v) is 11.0. The summed E-state index contributed by atoms with van der Waals surface area (Å²) in [6.07, 6.45) is 1.36. The van der Waals surface area contributed by atoms with Gasteiger partial charge in [-0.15, -0.1) is 11.3 Å². The van der Waals surface area contributed by atoms with E-state index in [4.69, 9.17) is 0 Å². The number of aryl methyl sites for hydroxylation is 1. The minimum Gasteiger partial charge on any atom is -0.368 e. The molecule has 1 aliphatic heterocycles. The summed E-state index contributed by atoms with van der Waals surface area (Å²) in [6.45, 7) is 8.06. The van der Waals surface area contributed by atoms with Crippen molar-refractivity contribution in [2.24, 2.45) is 0 Å². The van der Waals surface area contributed by atoms with Crippen molar-refractivity contribution in [3.05, 3.63) is 87.0 Å². The van der Waals surface area contributed by atoms with Gasteiger partial charge >= 0.3 is 0 Å². The molecule has 0 radical (unpaired) electrons. The van der Waals surface area contributed by atoms with E-state index in [1.165, 1.54) is 39.9 Å². The molecule has 8 nitrogen and oxygen atoms in total. The first kappa shape index (κ1) is 26.6. The highest BCUT2D eigenvalue weighted by molar-refractivity contribution is 7.20. The summed E-state index contributed by atoms with van der Waals surface area (Å²) in [5.41, 5.74) is 2.98. The molecule has 2 aromatic heterocycles. The number of amides is 2. The van der Waals surface area contributed by atoms with Gasteiger partial charge in [-0.1, -0.05) is 26.0 Å². The highest BCUT2D eigenvalue weighted by Gasteiger charge is 2.27. The molecule has 10 heteroatoms. The molecule has 0 saturated carbocycles. The number of rotatable bonds is 6. The van der Waals surface area contributed by atoms with E-state index in [0.717, 1.165) is 5.69 Å². The van der Waals surface area contributed by atoms with Crippen molar-refractivity contribution in [1.29, 1.82) is 0 Å². The lowest BCUT2D eigenvalue weighted by atomic mass is 10.0. The lowest BCUT2D eigenvalue weighted by Gasteiger charge is -2.36. The zero-order valence-electron chi connectivity index (χ0n) is 22.1.